The van der Waals surface area contributed by atoms with Crippen LogP contribution in [0.4, 0.5) is 0 Å². The standard InChI is InChI=1S/C18H17ClO3/c1-11-8-13(9-12(2)18(11)21)4-7-16(20)15-6-5-14(19)10-17(15)22-3/h4-10,21H,1-3H3. The van der Waals surface area contributed by atoms with Crippen molar-refractivity contribution < 1.29 is 14.6 Å². The zero-order valence-electron chi connectivity index (χ0n) is 12.7. The van der Waals surface area contributed by atoms with Crippen molar-refractivity contribution in [2.45, 2.75) is 13.8 Å². The Morgan fingerprint density at radius 3 is 2.41 bits per heavy atom. The van der Waals surface area contributed by atoms with E-state index in [9.17, 15) is 9.90 Å². The van der Waals surface area contributed by atoms with Crippen LogP contribution in [0.25, 0.3) is 6.08 Å². The summed E-state index contributed by atoms with van der Waals surface area (Å²) in [5, 5.41) is 10.3. The van der Waals surface area contributed by atoms with E-state index in [0.29, 0.717) is 16.3 Å². The van der Waals surface area contributed by atoms with Crippen molar-refractivity contribution in [1.29, 1.82) is 0 Å². The van der Waals surface area contributed by atoms with E-state index in [2.05, 4.69) is 0 Å². The molecule has 0 bridgehead atoms. The van der Waals surface area contributed by atoms with E-state index in [-0.39, 0.29) is 11.5 Å². The van der Waals surface area contributed by atoms with Crippen LogP contribution in [0.5, 0.6) is 11.5 Å². The van der Waals surface area contributed by atoms with Gasteiger partial charge in [-0.2, -0.15) is 0 Å². The van der Waals surface area contributed by atoms with Crippen molar-refractivity contribution in [3.05, 3.63) is 63.7 Å². The first-order valence-corrected chi connectivity index (χ1v) is 7.16. The molecule has 2 rings (SSSR count). The minimum absolute atomic E-state index is 0.170. The summed E-state index contributed by atoms with van der Waals surface area (Å²) in [7, 11) is 1.50. The molecule has 114 valence electrons. The number of aromatic hydroxyl groups is 1. The van der Waals surface area contributed by atoms with E-state index in [1.165, 1.54) is 13.2 Å². The van der Waals surface area contributed by atoms with Gasteiger partial charge in [0.2, 0.25) is 0 Å². The molecule has 2 aromatic rings. The smallest absolute Gasteiger partial charge is 0.189 e. The number of hydrogen-bond donors (Lipinski definition) is 1. The second kappa shape index (κ2) is 6.67. The second-order valence-electron chi connectivity index (χ2n) is 5.05. The van der Waals surface area contributed by atoms with Crippen LogP contribution in [0.2, 0.25) is 5.02 Å². The van der Waals surface area contributed by atoms with Crippen molar-refractivity contribution in [2.75, 3.05) is 7.11 Å². The highest BCUT2D eigenvalue weighted by Gasteiger charge is 2.10. The molecule has 0 unspecified atom stereocenters. The zero-order chi connectivity index (χ0) is 16.3. The summed E-state index contributed by atoms with van der Waals surface area (Å²) >= 11 is 5.89. The number of ether oxygens (including phenoxy) is 1. The van der Waals surface area contributed by atoms with Gasteiger partial charge >= 0.3 is 0 Å². The maximum atomic E-state index is 12.3. The van der Waals surface area contributed by atoms with E-state index >= 15 is 0 Å². The van der Waals surface area contributed by atoms with Crippen molar-refractivity contribution in [2.24, 2.45) is 0 Å². The lowest BCUT2D eigenvalue weighted by Crippen LogP contribution is -1.98. The number of allylic oxidation sites excluding steroid dienone is 1. The predicted molar refractivity (Wildman–Crippen MR) is 88.9 cm³/mol. The molecule has 0 amide bonds. The van der Waals surface area contributed by atoms with E-state index in [1.807, 2.05) is 26.0 Å². The Kier molecular flexibility index (Phi) is 4.88. The van der Waals surface area contributed by atoms with Gasteiger partial charge in [-0.05, 0) is 66.9 Å². The van der Waals surface area contributed by atoms with Gasteiger partial charge in [-0.25, -0.2) is 0 Å². The monoisotopic (exact) mass is 316 g/mol. The fraction of sp³-hybridized carbons (Fsp3) is 0.167. The molecule has 2 aromatic carbocycles. The number of ketones is 1. The number of phenols is 1. The average Bonchev–Trinajstić information content (AvgIpc) is 2.49. The third kappa shape index (κ3) is 3.49. The number of methoxy groups -OCH3 is 1. The maximum absolute atomic E-state index is 12.3. The van der Waals surface area contributed by atoms with Gasteiger partial charge in [0.05, 0.1) is 12.7 Å². The van der Waals surface area contributed by atoms with Crippen LogP contribution in [-0.4, -0.2) is 18.0 Å². The summed E-state index contributed by atoms with van der Waals surface area (Å²) in [6.07, 6.45) is 3.20. The third-order valence-electron chi connectivity index (χ3n) is 3.37. The average molecular weight is 317 g/mol. The molecule has 0 atom stereocenters. The SMILES string of the molecule is COc1cc(Cl)ccc1C(=O)C=Cc1cc(C)c(O)c(C)c1. The molecule has 0 radical (unpaired) electrons. The summed E-state index contributed by atoms with van der Waals surface area (Å²) < 4.78 is 5.18. The van der Waals surface area contributed by atoms with Crippen LogP contribution in [-0.2, 0) is 0 Å². The van der Waals surface area contributed by atoms with Crippen LogP contribution >= 0.6 is 11.6 Å². The lowest BCUT2D eigenvalue weighted by molar-refractivity contribution is 0.104. The van der Waals surface area contributed by atoms with E-state index in [1.54, 1.807) is 24.3 Å². The number of benzene rings is 2. The van der Waals surface area contributed by atoms with Crippen LogP contribution < -0.4 is 4.74 Å². The molecule has 0 saturated carbocycles. The highest BCUT2D eigenvalue weighted by atomic mass is 35.5. The van der Waals surface area contributed by atoms with Crippen molar-refractivity contribution in [3.63, 3.8) is 0 Å². The highest BCUT2D eigenvalue weighted by molar-refractivity contribution is 6.31. The fourth-order valence-electron chi connectivity index (χ4n) is 2.22. The molecule has 0 fully saturated rings. The van der Waals surface area contributed by atoms with Gasteiger partial charge in [0, 0.05) is 5.02 Å². The Morgan fingerprint density at radius 1 is 1.18 bits per heavy atom. The summed E-state index contributed by atoms with van der Waals surface area (Å²) in [4.78, 5) is 12.3. The molecule has 0 aromatic heterocycles. The molecule has 0 aliphatic heterocycles. The Morgan fingerprint density at radius 2 is 1.82 bits per heavy atom. The minimum Gasteiger partial charge on any atom is -0.507 e. The first kappa shape index (κ1) is 16.1. The fourth-order valence-corrected chi connectivity index (χ4v) is 2.38. The first-order valence-electron chi connectivity index (χ1n) is 6.78. The van der Waals surface area contributed by atoms with Crippen LogP contribution in [0.3, 0.4) is 0 Å². The lowest BCUT2D eigenvalue weighted by atomic mass is 10.0. The normalized spacial score (nSPS) is 10.9. The Labute approximate surface area is 134 Å². The number of rotatable bonds is 4. The summed E-state index contributed by atoms with van der Waals surface area (Å²) in [5.41, 5.74) is 2.86. The number of halogens is 1. The molecular weight excluding hydrogens is 300 g/mol. The predicted octanol–water partition coefficient (Wildman–Crippen LogP) is 4.57. The largest absolute Gasteiger partial charge is 0.507 e. The van der Waals surface area contributed by atoms with Crippen LogP contribution in [0.15, 0.2) is 36.4 Å². The number of aryl methyl sites for hydroxylation is 2. The van der Waals surface area contributed by atoms with E-state index in [4.69, 9.17) is 16.3 Å². The molecule has 0 saturated heterocycles. The van der Waals surface area contributed by atoms with Crippen molar-refractivity contribution in [3.8, 4) is 11.5 Å². The lowest BCUT2D eigenvalue weighted by Gasteiger charge is -2.06. The van der Waals surface area contributed by atoms with E-state index in [0.717, 1.165) is 16.7 Å². The molecule has 0 aliphatic rings. The molecule has 3 nitrogen and oxygen atoms in total. The second-order valence-corrected chi connectivity index (χ2v) is 5.48. The van der Waals surface area contributed by atoms with Gasteiger partial charge in [-0.3, -0.25) is 4.79 Å². The van der Waals surface area contributed by atoms with E-state index < -0.39 is 0 Å². The number of carbonyl (C=O) groups is 1. The third-order valence-corrected chi connectivity index (χ3v) is 3.60. The Balaban J connectivity index is 2.29. The van der Waals surface area contributed by atoms with Gasteiger partial charge in [0.15, 0.2) is 5.78 Å². The molecular formula is C18H17ClO3. The molecule has 22 heavy (non-hydrogen) atoms. The minimum atomic E-state index is -0.170. The van der Waals surface area contributed by atoms with Crippen LogP contribution in [0.1, 0.15) is 27.0 Å². The molecule has 0 spiro atoms. The van der Waals surface area contributed by atoms with Crippen LogP contribution in [0, 0.1) is 13.8 Å². The van der Waals surface area contributed by atoms with Gasteiger partial charge in [0.1, 0.15) is 11.5 Å². The molecule has 0 heterocycles. The molecule has 1 N–H and O–H groups in total. The quantitative estimate of drug-likeness (QED) is 0.664. The number of phenolic OH excluding ortho intramolecular Hbond substituents is 1. The number of hydrogen-bond acceptors (Lipinski definition) is 3. The number of carbonyl (C=O) groups excluding carboxylic acids is 1. The van der Waals surface area contributed by atoms with Crippen molar-refractivity contribution in [1.82, 2.24) is 0 Å². The summed E-state index contributed by atoms with van der Waals surface area (Å²) in [6, 6.07) is 8.55. The maximum Gasteiger partial charge on any atom is 0.189 e. The summed E-state index contributed by atoms with van der Waals surface area (Å²) in [6.45, 7) is 3.65. The summed E-state index contributed by atoms with van der Waals surface area (Å²) in [5.74, 6) is 0.556. The Bertz CT molecular complexity index is 725. The topological polar surface area (TPSA) is 46.5 Å². The molecule has 4 heteroatoms. The Hall–Kier alpha value is -2.26. The highest BCUT2D eigenvalue weighted by Crippen LogP contribution is 2.25. The van der Waals surface area contributed by atoms with Gasteiger partial charge in [0.25, 0.3) is 0 Å². The zero-order valence-corrected chi connectivity index (χ0v) is 13.4. The van der Waals surface area contributed by atoms with Gasteiger partial charge in [-0.1, -0.05) is 17.7 Å². The first-order chi connectivity index (χ1) is 10.4. The van der Waals surface area contributed by atoms with Gasteiger partial charge in [-0.15, -0.1) is 0 Å². The molecule has 0 aliphatic carbocycles. The van der Waals surface area contributed by atoms with Crippen molar-refractivity contribution >= 4 is 23.5 Å². The van der Waals surface area contributed by atoms with Gasteiger partial charge < -0.3 is 9.84 Å².